The van der Waals surface area contributed by atoms with Gasteiger partial charge in [0.05, 0.1) is 4.90 Å². The topological polar surface area (TPSA) is 61.4 Å². The summed E-state index contributed by atoms with van der Waals surface area (Å²) in [6.07, 6.45) is 2.48. The summed E-state index contributed by atoms with van der Waals surface area (Å²) in [6, 6.07) is 6.02. The summed E-state index contributed by atoms with van der Waals surface area (Å²) in [5.74, 6) is 0.709. The number of rotatable bonds is 4. The van der Waals surface area contributed by atoms with E-state index in [0.29, 0.717) is 16.9 Å². The van der Waals surface area contributed by atoms with Gasteiger partial charge in [-0.3, -0.25) is 0 Å². The molecular weight excluding hydrogens is 286 g/mol. The van der Waals surface area contributed by atoms with Crippen molar-refractivity contribution in [3.63, 3.8) is 0 Å². The first-order valence-electron chi connectivity index (χ1n) is 7.53. The van der Waals surface area contributed by atoms with Gasteiger partial charge in [0, 0.05) is 18.3 Å². The number of piperidine rings is 3. The normalized spacial score (nSPS) is 28.6. The Morgan fingerprint density at radius 3 is 2.52 bits per heavy atom. The molecule has 0 spiro atoms. The van der Waals surface area contributed by atoms with Gasteiger partial charge in [-0.15, -0.1) is 0 Å². The number of sulfonamides is 1. The van der Waals surface area contributed by atoms with Crippen LogP contribution in [0.15, 0.2) is 23.1 Å². The molecule has 3 aliphatic heterocycles. The zero-order valence-electron chi connectivity index (χ0n) is 12.6. The van der Waals surface area contributed by atoms with Crippen molar-refractivity contribution >= 4 is 15.7 Å². The van der Waals surface area contributed by atoms with E-state index in [-0.39, 0.29) is 0 Å². The summed E-state index contributed by atoms with van der Waals surface area (Å²) in [5.41, 5.74) is 1.66. The first kappa shape index (κ1) is 14.8. The molecule has 3 fully saturated rings. The Labute approximate surface area is 126 Å². The van der Waals surface area contributed by atoms with Crippen LogP contribution in [-0.2, 0) is 10.0 Å². The molecule has 1 unspecified atom stereocenters. The molecule has 21 heavy (non-hydrogen) atoms. The third-order valence-corrected chi connectivity index (χ3v) is 6.31. The SMILES string of the molecule is CNS(=O)(=O)c1cc(NC2CN3CCC2CC3)ccc1C. The van der Waals surface area contributed by atoms with Gasteiger partial charge in [0.25, 0.3) is 0 Å². The molecule has 1 atom stereocenters. The molecule has 4 rings (SSSR count). The number of aryl methyl sites for hydroxylation is 1. The summed E-state index contributed by atoms with van der Waals surface area (Å²) >= 11 is 0. The Morgan fingerprint density at radius 2 is 1.95 bits per heavy atom. The highest BCUT2D eigenvalue weighted by molar-refractivity contribution is 7.89. The first-order chi connectivity index (χ1) is 9.99. The number of nitrogens with one attached hydrogen (secondary N) is 2. The molecule has 1 aromatic rings. The highest BCUT2D eigenvalue weighted by Gasteiger charge is 2.34. The maximum atomic E-state index is 12.0. The molecule has 0 saturated carbocycles. The Balaban J connectivity index is 1.82. The van der Waals surface area contributed by atoms with E-state index in [2.05, 4.69) is 14.9 Å². The highest BCUT2D eigenvalue weighted by Crippen LogP contribution is 2.30. The molecule has 116 valence electrons. The van der Waals surface area contributed by atoms with Crippen molar-refractivity contribution in [2.75, 3.05) is 32.0 Å². The molecule has 1 aromatic carbocycles. The highest BCUT2D eigenvalue weighted by atomic mass is 32.2. The van der Waals surface area contributed by atoms with E-state index >= 15 is 0 Å². The van der Waals surface area contributed by atoms with Crippen molar-refractivity contribution in [1.29, 1.82) is 0 Å². The maximum absolute atomic E-state index is 12.0. The Hall–Kier alpha value is -1.11. The molecule has 3 aliphatic rings. The maximum Gasteiger partial charge on any atom is 0.240 e. The predicted molar refractivity (Wildman–Crippen MR) is 84.0 cm³/mol. The van der Waals surface area contributed by atoms with Gasteiger partial charge in [-0.1, -0.05) is 6.07 Å². The fourth-order valence-corrected chi connectivity index (χ4v) is 4.43. The summed E-state index contributed by atoms with van der Waals surface area (Å²) in [5, 5.41) is 3.54. The fourth-order valence-electron chi connectivity index (χ4n) is 3.43. The molecule has 2 N–H and O–H groups in total. The van der Waals surface area contributed by atoms with Gasteiger partial charge in [-0.25, -0.2) is 13.1 Å². The molecule has 0 radical (unpaired) electrons. The van der Waals surface area contributed by atoms with E-state index in [1.807, 2.05) is 19.1 Å². The second-order valence-corrected chi connectivity index (χ2v) is 7.93. The van der Waals surface area contributed by atoms with Crippen molar-refractivity contribution in [2.45, 2.75) is 30.7 Å². The summed E-state index contributed by atoms with van der Waals surface area (Å²) in [7, 11) is -1.96. The zero-order chi connectivity index (χ0) is 15.0. The van der Waals surface area contributed by atoms with E-state index in [1.54, 1.807) is 6.07 Å². The van der Waals surface area contributed by atoms with Crippen molar-refractivity contribution in [1.82, 2.24) is 9.62 Å². The van der Waals surface area contributed by atoms with E-state index in [4.69, 9.17) is 0 Å². The predicted octanol–water partition coefficient (Wildman–Crippen LogP) is 1.41. The van der Waals surface area contributed by atoms with Crippen molar-refractivity contribution in [3.8, 4) is 0 Å². The minimum Gasteiger partial charge on any atom is -0.381 e. The molecule has 0 aliphatic carbocycles. The van der Waals surface area contributed by atoms with Crippen LogP contribution in [0.1, 0.15) is 18.4 Å². The van der Waals surface area contributed by atoms with Gasteiger partial charge in [-0.05, 0) is 63.5 Å². The van der Waals surface area contributed by atoms with E-state index in [0.717, 1.165) is 17.8 Å². The largest absolute Gasteiger partial charge is 0.381 e. The quantitative estimate of drug-likeness (QED) is 0.883. The van der Waals surface area contributed by atoms with Crippen LogP contribution < -0.4 is 10.0 Å². The Bertz CT molecular complexity index is 622. The van der Waals surface area contributed by atoms with Gasteiger partial charge < -0.3 is 10.2 Å². The standard InChI is InChI=1S/C15H23N3O2S/c1-11-3-4-13(9-15(11)21(19,20)16-2)17-14-10-18-7-5-12(14)6-8-18/h3-4,9,12,14,16-17H,5-8,10H2,1-2H3. The molecular formula is C15H23N3O2S. The van der Waals surface area contributed by atoms with Crippen LogP contribution in [0.2, 0.25) is 0 Å². The third-order valence-electron chi connectivity index (χ3n) is 4.75. The number of anilines is 1. The van der Waals surface area contributed by atoms with Gasteiger partial charge in [-0.2, -0.15) is 0 Å². The van der Waals surface area contributed by atoms with Crippen LogP contribution in [0, 0.1) is 12.8 Å². The van der Waals surface area contributed by atoms with Crippen LogP contribution in [0.25, 0.3) is 0 Å². The third kappa shape index (κ3) is 2.93. The monoisotopic (exact) mass is 309 g/mol. The van der Waals surface area contributed by atoms with Gasteiger partial charge in [0.15, 0.2) is 0 Å². The summed E-state index contributed by atoms with van der Waals surface area (Å²) < 4.78 is 26.5. The molecule has 6 heteroatoms. The summed E-state index contributed by atoms with van der Waals surface area (Å²) in [4.78, 5) is 2.84. The molecule has 3 heterocycles. The zero-order valence-corrected chi connectivity index (χ0v) is 13.4. The lowest BCUT2D eigenvalue weighted by molar-refractivity contribution is 0.0975. The lowest BCUT2D eigenvalue weighted by atomic mass is 9.84. The molecule has 0 amide bonds. The smallest absolute Gasteiger partial charge is 0.240 e. The van der Waals surface area contributed by atoms with Crippen molar-refractivity contribution < 1.29 is 8.42 Å². The van der Waals surface area contributed by atoms with E-state index in [1.165, 1.54) is 33.0 Å². The van der Waals surface area contributed by atoms with E-state index < -0.39 is 10.0 Å². The number of hydrogen-bond donors (Lipinski definition) is 2. The minimum atomic E-state index is -3.40. The van der Waals surface area contributed by atoms with Crippen LogP contribution in [-0.4, -0.2) is 46.0 Å². The second kappa shape index (κ2) is 5.59. The minimum absolute atomic E-state index is 0.358. The van der Waals surface area contributed by atoms with E-state index in [9.17, 15) is 8.42 Å². The van der Waals surface area contributed by atoms with Crippen molar-refractivity contribution in [3.05, 3.63) is 23.8 Å². The fraction of sp³-hybridized carbons (Fsp3) is 0.600. The number of hydrogen-bond acceptors (Lipinski definition) is 4. The molecule has 5 nitrogen and oxygen atoms in total. The Kier molecular flexibility index (Phi) is 3.94. The molecule has 2 bridgehead atoms. The van der Waals surface area contributed by atoms with Crippen molar-refractivity contribution in [2.24, 2.45) is 5.92 Å². The van der Waals surface area contributed by atoms with Crippen LogP contribution >= 0.6 is 0 Å². The Morgan fingerprint density at radius 1 is 1.24 bits per heavy atom. The number of nitrogens with zero attached hydrogens (tertiary/aromatic N) is 1. The lowest BCUT2D eigenvalue weighted by Crippen LogP contribution is -2.53. The van der Waals surface area contributed by atoms with Crippen LogP contribution in [0.5, 0.6) is 0 Å². The summed E-state index contributed by atoms with van der Waals surface area (Å²) in [6.45, 7) is 5.29. The van der Waals surface area contributed by atoms with Gasteiger partial charge in [0.1, 0.15) is 0 Å². The van der Waals surface area contributed by atoms with Gasteiger partial charge >= 0.3 is 0 Å². The van der Waals surface area contributed by atoms with Crippen LogP contribution in [0.4, 0.5) is 5.69 Å². The molecule has 0 aromatic heterocycles. The average molecular weight is 309 g/mol. The second-order valence-electron chi connectivity index (χ2n) is 6.08. The average Bonchev–Trinajstić information content (AvgIpc) is 2.50. The number of fused-ring (bicyclic) bond motifs is 3. The van der Waals surface area contributed by atoms with Crippen LogP contribution in [0.3, 0.4) is 0 Å². The lowest BCUT2D eigenvalue weighted by Gasteiger charge is -2.45. The first-order valence-corrected chi connectivity index (χ1v) is 9.01. The van der Waals surface area contributed by atoms with Gasteiger partial charge in [0.2, 0.25) is 10.0 Å². The number of benzene rings is 1. The molecule has 3 saturated heterocycles.